The first-order valence-corrected chi connectivity index (χ1v) is 9.61. The second kappa shape index (κ2) is 7.66. The highest BCUT2D eigenvalue weighted by Gasteiger charge is 2.25. The molecule has 0 saturated carbocycles. The van der Waals surface area contributed by atoms with Gasteiger partial charge in [0.2, 0.25) is 5.91 Å². The zero-order valence-electron chi connectivity index (χ0n) is 15.0. The molecule has 0 aliphatic carbocycles. The number of aromatic nitrogens is 3. The number of nitrogens with two attached hydrogens (primary N) is 1. The third-order valence-corrected chi connectivity index (χ3v) is 5.28. The van der Waals surface area contributed by atoms with Crippen molar-refractivity contribution < 1.29 is 4.79 Å². The molecule has 2 N–H and O–H groups in total. The van der Waals surface area contributed by atoms with Gasteiger partial charge in [0.25, 0.3) is 0 Å². The number of rotatable bonds is 4. The lowest BCUT2D eigenvalue weighted by Crippen LogP contribution is -2.40. The standard InChI is InChI=1S/C20H22ClN5O/c21-15-6-7-19-23-11-18(26(19)13-15)17-5-1-4-16(24-17)14-3-2-10-25(12-14)20(27)8-9-22/h1,4-7,11,13-14H,2-3,8-10,12,22H2. The van der Waals surface area contributed by atoms with E-state index in [9.17, 15) is 4.79 Å². The molecule has 140 valence electrons. The summed E-state index contributed by atoms with van der Waals surface area (Å²) >= 11 is 6.14. The lowest BCUT2D eigenvalue weighted by atomic mass is 9.93. The number of imidazole rings is 1. The van der Waals surface area contributed by atoms with Crippen LogP contribution in [0.5, 0.6) is 0 Å². The quantitative estimate of drug-likeness (QED) is 0.751. The number of pyridine rings is 2. The molecular formula is C20H22ClN5O. The van der Waals surface area contributed by atoms with Crippen molar-refractivity contribution in [1.29, 1.82) is 0 Å². The van der Waals surface area contributed by atoms with Crippen LogP contribution < -0.4 is 5.73 Å². The van der Waals surface area contributed by atoms with Gasteiger partial charge in [0, 0.05) is 43.9 Å². The highest BCUT2D eigenvalue weighted by molar-refractivity contribution is 6.30. The minimum Gasteiger partial charge on any atom is -0.342 e. The Balaban J connectivity index is 1.62. The Morgan fingerprint density at radius 2 is 2.19 bits per heavy atom. The molecule has 3 aromatic heterocycles. The molecule has 1 fully saturated rings. The second-order valence-electron chi connectivity index (χ2n) is 6.88. The van der Waals surface area contributed by atoms with E-state index in [-0.39, 0.29) is 11.8 Å². The van der Waals surface area contributed by atoms with Crippen LogP contribution in [0.25, 0.3) is 17.0 Å². The first-order chi connectivity index (χ1) is 13.2. The molecule has 1 unspecified atom stereocenters. The maximum atomic E-state index is 12.2. The van der Waals surface area contributed by atoms with Crippen LogP contribution >= 0.6 is 11.6 Å². The highest BCUT2D eigenvalue weighted by atomic mass is 35.5. The maximum absolute atomic E-state index is 12.2. The van der Waals surface area contributed by atoms with Crippen molar-refractivity contribution in [2.45, 2.75) is 25.2 Å². The molecule has 1 aliphatic rings. The summed E-state index contributed by atoms with van der Waals surface area (Å²) in [5.41, 5.74) is 9.13. The lowest BCUT2D eigenvalue weighted by Gasteiger charge is -2.32. The molecule has 0 radical (unpaired) electrons. The molecule has 1 aliphatic heterocycles. The van der Waals surface area contributed by atoms with E-state index in [1.54, 1.807) is 0 Å². The zero-order chi connectivity index (χ0) is 18.8. The summed E-state index contributed by atoms with van der Waals surface area (Å²) in [4.78, 5) is 23.5. The van der Waals surface area contributed by atoms with Gasteiger partial charge in [-0.25, -0.2) is 4.98 Å². The number of carbonyl (C=O) groups is 1. The van der Waals surface area contributed by atoms with E-state index in [4.69, 9.17) is 22.3 Å². The van der Waals surface area contributed by atoms with E-state index < -0.39 is 0 Å². The van der Waals surface area contributed by atoms with Crippen LogP contribution in [0, 0.1) is 0 Å². The number of amides is 1. The van der Waals surface area contributed by atoms with Crippen molar-refractivity contribution in [3.8, 4) is 11.4 Å². The number of carbonyl (C=O) groups excluding carboxylic acids is 1. The molecule has 27 heavy (non-hydrogen) atoms. The fraction of sp³-hybridized carbons (Fsp3) is 0.350. The molecule has 4 rings (SSSR count). The van der Waals surface area contributed by atoms with Gasteiger partial charge in [-0.1, -0.05) is 17.7 Å². The average Bonchev–Trinajstić information content (AvgIpc) is 3.11. The molecule has 0 aromatic carbocycles. The Kier molecular flexibility index (Phi) is 5.09. The van der Waals surface area contributed by atoms with Crippen LogP contribution in [-0.4, -0.2) is 44.8 Å². The van der Waals surface area contributed by atoms with Gasteiger partial charge >= 0.3 is 0 Å². The minimum absolute atomic E-state index is 0.134. The van der Waals surface area contributed by atoms with Gasteiger partial charge in [0.1, 0.15) is 5.65 Å². The normalized spacial score (nSPS) is 17.4. The summed E-state index contributed by atoms with van der Waals surface area (Å²) in [5, 5.41) is 0.652. The van der Waals surface area contributed by atoms with Gasteiger partial charge in [0.15, 0.2) is 0 Å². The molecule has 3 aromatic rings. The summed E-state index contributed by atoms with van der Waals surface area (Å²) in [5.74, 6) is 0.373. The number of piperidine rings is 1. The third-order valence-electron chi connectivity index (χ3n) is 5.05. The van der Waals surface area contributed by atoms with Gasteiger partial charge in [-0.15, -0.1) is 0 Å². The Morgan fingerprint density at radius 1 is 1.30 bits per heavy atom. The first kappa shape index (κ1) is 17.9. The summed E-state index contributed by atoms with van der Waals surface area (Å²) in [6, 6.07) is 9.75. The number of nitrogens with zero attached hydrogens (tertiary/aromatic N) is 4. The van der Waals surface area contributed by atoms with E-state index >= 15 is 0 Å². The number of fused-ring (bicyclic) bond motifs is 1. The number of halogens is 1. The van der Waals surface area contributed by atoms with Gasteiger partial charge in [0.05, 0.1) is 22.6 Å². The van der Waals surface area contributed by atoms with Crippen molar-refractivity contribution in [2.24, 2.45) is 5.73 Å². The number of hydrogen-bond donors (Lipinski definition) is 1. The topological polar surface area (TPSA) is 76.5 Å². The summed E-state index contributed by atoms with van der Waals surface area (Å²) < 4.78 is 1.95. The molecule has 0 bridgehead atoms. The molecule has 0 spiro atoms. The van der Waals surface area contributed by atoms with E-state index in [1.807, 2.05) is 52.0 Å². The molecule has 1 saturated heterocycles. The summed E-state index contributed by atoms with van der Waals surface area (Å²) in [7, 11) is 0. The second-order valence-corrected chi connectivity index (χ2v) is 7.32. The fourth-order valence-corrected chi connectivity index (χ4v) is 3.85. The van der Waals surface area contributed by atoms with Gasteiger partial charge in [-0.05, 0) is 37.1 Å². The van der Waals surface area contributed by atoms with E-state index in [2.05, 4.69) is 4.98 Å². The minimum atomic E-state index is 0.134. The summed E-state index contributed by atoms with van der Waals surface area (Å²) in [6.45, 7) is 1.90. The largest absolute Gasteiger partial charge is 0.342 e. The Morgan fingerprint density at radius 3 is 3.04 bits per heavy atom. The maximum Gasteiger partial charge on any atom is 0.223 e. The van der Waals surface area contributed by atoms with Crippen LogP contribution in [0.1, 0.15) is 30.9 Å². The number of hydrogen-bond acceptors (Lipinski definition) is 4. The Labute approximate surface area is 163 Å². The molecule has 4 heterocycles. The highest BCUT2D eigenvalue weighted by Crippen LogP contribution is 2.28. The predicted octanol–water partition coefficient (Wildman–Crippen LogP) is 3.10. The summed E-state index contributed by atoms with van der Waals surface area (Å²) in [6.07, 6.45) is 6.08. The van der Waals surface area contributed by atoms with Crippen molar-refractivity contribution in [3.63, 3.8) is 0 Å². The Bertz CT molecular complexity index is 970. The van der Waals surface area contributed by atoms with Crippen LogP contribution in [-0.2, 0) is 4.79 Å². The van der Waals surface area contributed by atoms with E-state index in [1.165, 1.54) is 0 Å². The third kappa shape index (κ3) is 3.68. The van der Waals surface area contributed by atoms with E-state index in [0.29, 0.717) is 24.5 Å². The molecular weight excluding hydrogens is 362 g/mol. The smallest absolute Gasteiger partial charge is 0.223 e. The van der Waals surface area contributed by atoms with Crippen molar-refractivity contribution in [1.82, 2.24) is 19.3 Å². The van der Waals surface area contributed by atoms with Crippen molar-refractivity contribution in [3.05, 3.63) is 53.4 Å². The van der Waals surface area contributed by atoms with E-state index in [0.717, 1.165) is 42.1 Å². The van der Waals surface area contributed by atoms with Gasteiger partial charge in [-0.3, -0.25) is 14.2 Å². The number of likely N-dealkylation sites (tertiary alicyclic amines) is 1. The van der Waals surface area contributed by atoms with Gasteiger partial charge < -0.3 is 10.6 Å². The molecule has 6 nitrogen and oxygen atoms in total. The SMILES string of the molecule is NCCC(=O)N1CCCC(c2cccc(-c3cnc4ccc(Cl)cn34)n2)C1. The van der Waals surface area contributed by atoms with Gasteiger partial charge in [-0.2, -0.15) is 0 Å². The molecule has 1 atom stereocenters. The molecule has 7 heteroatoms. The Hall–Kier alpha value is -2.44. The predicted molar refractivity (Wildman–Crippen MR) is 106 cm³/mol. The fourth-order valence-electron chi connectivity index (χ4n) is 3.69. The first-order valence-electron chi connectivity index (χ1n) is 9.23. The average molecular weight is 384 g/mol. The van der Waals surface area contributed by atoms with Crippen LogP contribution in [0.4, 0.5) is 0 Å². The van der Waals surface area contributed by atoms with Crippen molar-refractivity contribution in [2.75, 3.05) is 19.6 Å². The monoisotopic (exact) mass is 383 g/mol. The van der Waals surface area contributed by atoms with Crippen LogP contribution in [0.2, 0.25) is 5.02 Å². The van der Waals surface area contributed by atoms with Crippen LogP contribution in [0.15, 0.2) is 42.7 Å². The lowest BCUT2D eigenvalue weighted by molar-refractivity contribution is -0.132. The van der Waals surface area contributed by atoms with Crippen molar-refractivity contribution >= 4 is 23.2 Å². The molecule has 1 amide bonds. The van der Waals surface area contributed by atoms with Crippen LogP contribution in [0.3, 0.4) is 0 Å². The zero-order valence-corrected chi connectivity index (χ0v) is 15.8.